The summed E-state index contributed by atoms with van der Waals surface area (Å²) in [5.41, 5.74) is 0.959. The van der Waals surface area contributed by atoms with Gasteiger partial charge in [-0.05, 0) is 78.3 Å². The highest BCUT2D eigenvalue weighted by Crippen LogP contribution is 2.65. The molecule has 4 aromatic rings. The lowest BCUT2D eigenvalue weighted by Gasteiger charge is -2.46. The molecule has 1 spiro atoms. The van der Waals surface area contributed by atoms with Crippen molar-refractivity contribution >= 4 is 23.5 Å². The Bertz CT molecular complexity index is 2180. The second kappa shape index (κ2) is 15.8. The highest BCUT2D eigenvalue weighted by Gasteiger charge is 2.74. The fraction of sp³-hybridized carbons (Fsp3) is 0.370. The van der Waals surface area contributed by atoms with Crippen LogP contribution in [0.1, 0.15) is 84.5 Å². The smallest absolute Gasteiger partial charge is 0.324 e. The molecule has 1 saturated carbocycles. The van der Waals surface area contributed by atoms with Gasteiger partial charge in [0.25, 0.3) is 5.91 Å². The summed E-state index contributed by atoms with van der Waals surface area (Å²) in [5, 5.41) is 25.1. The lowest BCUT2D eigenvalue weighted by Crippen LogP contribution is -2.54. The largest absolute Gasteiger partial charge is 0.491 e. The van der Waals surface area contributed by atoms with E-state index in [0.29, 0.717) is 41.0 Å². The number of aliphatic hydroxyl groups excluding tert-OH is 1. The number of hydrogen-bond acceptors (Lipinski definition) is 9. The molecule has 0 bridgehead atoms. The van der Waals surface area contributed by atoms with Gasteiger partial charge in [-0.3, -0.25) is 24.1 Å². The number of fused-ring (bicyclic) bond motifs is 3. The molecule has 6 atom stereocenters. The Morgan fingerprint density at radius 3 is 2.21 bits per heavy atom. The van der Waals surface area contributed by atoms with E-state index in [1.807, 2.05) is 83.8 Å². The second-order valence-electron chi connectivity index (χ2n) is 15.3. The summed E-state index contributed by atoms with van der Waals surface area (Å²) in [6.45, 7) is -0.0721. The molecule has 57 heavy (non-hydrogen) atoms. The summed E-state index contributed by atoms with van der Waals surface area (Å²) in [4.78, 5) is 52.7. The molecule has 3 aliphatic heterocycles. The van der Waals surface area contributed by atoms with Crippen molar-refractivity contribution in [1.29, 1.82) is 0 Å². The van der Waals surface area contributed by atoms with Gasteiger partial charge in [-0.15, -0.1) is 0 Å². The maximum atomic E-state index is 15.3. The number of carbonyl (C=O) groups excluding carboxylic acids is 3. The van der Waals surface area contributed by atoms with Crippen LogP contribution in [0.2, 0.25) is 0 Å². The molecule has 294 valence electrons. The number of hydroxylamine groups is 2. The summed E-state index contributed by atoms with van der Waals surface area (Å²) in [5.74, 6) is 3.89. The predicted molar refractivity (Wildman–Crippen MR) is 211 cm³/mol. The first-order valence-electron chi connectivity index (χ1n) is 19.6. The van der Waals surface area contributed by atoms with E-state index in [2.05, 4.69) is 17.2 Å². The Kier molecular flexibility index (Phi) is 10.6. The Hall–Kier alpha value is -5.51. The Balaban J connectivity index is 1.40. The zero-order valence-corrected chi connectivity index (χ0v) is 32.1. The van der Waals surface area contributed by atoms with E-state index in [9.17, 15) is 15.0 Å². The average Bonchev–Trinajstić information content (AvgIpc) is 3.60. The number of nitrogens with zero attached hydrogens (tertiary/aromatic N) is 2. The maximum Gasteiger partial charge on any atom is 0.324 e. The number of cyclic esters (lactones) is 1. The predicted octanol–water partition coefficient (Wildman–Crippen LogP) is 5.79. The van der Waals surface area contributed by atoms with Crippen LogP contribution >= 0.6 is 0 Å². The molecular formula is C46H47N3O8. The van der Waals surface area contributed by atoms with Crippen LogP contribution in [-0.2, 0) is 29.4 Å². The molecule has 1 unspecified atom stereocenters. The summed E-state index contributed by atoms with van der Waals surface area (Å²) in [6, 6.07) is 29.0. The molecule has 1 aliphatic carbocycles. The van der Waals surface area contributed by atoms with Crippen molar-refractivity contribution in [3.05, 3.63) is 131 Å². The number of rotatable bonds is 8. The van der Waals surface area contributed by atoms with Gasteiger partial charge in [0, 0.05) is 18.3 Å². The van der Waals surface area contributed by atoms with E-state index in [1.54, 1.807) is 24.3 Å². The molecule has 8 rings (SSSR count). The van der Waals surface area contributed by atoms with Crippen LogP contribution in [0, 0.1) is 17.8 Å². The number of esters is 1. The number of ether oxygens (including phenoxy) is 2. The van der Waals surface area contributed by atoms with Gasteiger partial charge in [0.2, 0.25) is 5.91 Å². The van der Waals surface area contributed by atoms with Gasteiger partial charge in [-0.1, -0.05) is 97.5 Å². The van der Waals surface area contributed by atoms with E-state index < -0.39 is 58.9 Å². The van der Waals surface area contributed by atoms with Gasteiger partial charge in [0.1, 0.15) is 35.5 Å². The topological polar surface area (TPSA) is 138 Å². The van der Waals surface area contributed by atoms with E-state index in [-0.39, 0.29) is 13.2 Å². The molecule has 11 heteroatoms. The van der Waals surface area contributed by atoms with Crippen LogP contribution in [0.25, 0.3) is 0 Å². The number of amides is 2. The number of nitrogens with one attached hydrogen (secondary N) is 1. The van der Waals surface area contributed by atoms with E-state index in [4.69, 9.17) is 14.3 Å². The summed E-state index contributed by atoms with van der Waals surface area (Å²) in [7, 11) is 2.84. The summed E-state index contributed by atoms with van der Waals surface area (Å²) in [6.07, 6.45) is 4.23. The summed E-state index contributed by atoms with van der Waals surface area (Å²) >= 11 is 0. The molecule has 0 radical (unpaired) electrons. The number of benzene rings is 4. The first-order chi connectivity index (χ1) is 27.7. The number of carbonyl (C=O) groups is 3. The number of hydrogen-bond donors (Lipinski definition) is 3. The molecule has 11 nitrogen and oxygen atoms in total. The van der Waals surface area contributed by atoms with Crippen molar-refractivity contribution in [3.63, 3.8) is 0 Å². The third-order valence-corrected chi connectivity index (χ3v) is 12.1. The molecule has 3 heterocycles. The van der Waals surface area contributed by atoms with Crippen LogP contribution in [0.4, 0.5) is 5.69 Å². The number of anilines is 1. The molecule has 2 saturated heterocycles. The van der Waals surface area contributed by atoms with Gasteiger partial charge >= 0.3 is 5.97 Å². The van der Waals surface area contributed by atoms with Gasteiger partial charge in [0.05, 0.1) is 31.7 Å². The van der Waals surface area contributed by atoms with Crippen LogP contribution in [0.15, 0.2) is 103 Å². The Morgan fingerprint density at radius 2 is 1.56 bits per heavy atom. The monoisotopic (exact) mass is 769 g/mol. The Labute approximate surface area is 332 Å². The third-order valence-electron chi connectivity index (χ3n) is 12.1. The number of aliphatic hydroxyl groups is 2. The average molecular weight is 770 g/mol. The molecule has 0 aromatic heterocycles. The SMILES string of the molecule is CON(C)C(=O)[C@H]1C2C(=O)O[C@@H](c3ccccc3)[C@@H](c3ccccc3)N2[C@@H](c2ccc(OCCO)cc2)[C@]12C(=O)Nc1ccc(C#CC3(O)CCCCCC3)cc12. The fourth-order valence-electron chi connectivity index (χ4n) is 9.47. The highest BCUT2D eigenvalue weighted by molar-refractivity contribution is 6.12. The van der Waals surface area contributed by atoms with Gasteiger partial charge < -0.3 is 25.0 Å². The molecular weight excluding hydrogens is 723 g/mol. The van der Waals surface area contributed by atoms with Crippen LogP contribution in [0.3, 0.4) is 0 Å². The van der Waals surface area contributed by atoms with E-state index >= 15 is 9.59 Å². The van der Waals surface area contributed by atoms with Crippen LogP contribution in [0.5, 0.6) is 5.75 Å². The lowest BCUT2D eigenvalue weighted by atomic mass is 9.65. The first-order valence-corrected chi connectivity index (χ1v) is 19.6. The zero-order valence-electron chi connectivity index (χ0n) is 32.1. The maximum absolute atomic E-state index is 15.3. The summed E-state index contributed by atoms with van der Waals surface area (Å²) < 4.78 is 12.2. The van der Waals surface area contributed by atoms with Gasteiger partial charge in [-0.2, -0.15) is 0 Å². The minimum Gasteiger partial charge on any atom is -0.491 e. The van der Waals surface area contributed by atoms with E-state index in [0.717, 1.165) is 41.9 Å². The fourth-order valence-corrected chi connectivity index (χ4v) is 9.47. The van der Waals surface area contributed by atoms with Crippen LogP contribution in [-0.4, -0.2) is 77.0 Å². The zero-order chi connectivity index (χ0) is 39.7. The molecule has 2 amide bonds. The quantitative estimate of drug-likeness (QED) is 0.0881. The lowest BCUT2D eigenvalue weighted by molar-refractivity contribution is -0.187. The molecule has 3 fully saturated rings. The van der Waals surface area contributed by atoms with Crippen molar-refractivity contribution < 1.29 is 38.9 Å². The molecule has 4 aromatic carbocycles. The highest BCUT2D eigenvalue weighted by atomic mass is 16.7. The standard InChI is InChI=1S/C46H47N3O8/c1-48(55-2)42(51)37-39-43(52)57-40(32-15-9-6-10-16-32)38(31-13-7-5-8-14-31)49(39)41(33-18-20-34(21-19-33)56-28-27-50)46(37)35-29-30(17-22-36(35)47-44(46)53)23-26-45(54)24-11-3-4-12-25-45/h5-10,13-22,29,37-41,50,54H,3-4,11-12,24-25,27-28H2,1-2H3,(H,47,53)/t37-,38-,39?,40+,41+,46-/m1/s1. The van der Waals surface area contributed by atoms with E-state index in [1.165, 1.54) is 14.2 Å². The first kappa shape index (κ1) is 38.4. The molecule has 4 aliphatic rings. The van der Waals surface area contributed by atoms with Crippen molar-refractivity contribution in [3.8, 4) is 17.6 Å². The minimum absolute atomic E-state index is 0.0935. The molecule has 3 N–H and O–H groups in total. The van der Waals surface area contributed by atoms with Crippen molar-refractivity contribution in [2.45, 2.75) is 73.8 Å². The number of morpholine rings is 1. The third kappa shape index (κ3) is 6.76. The van der Waals surface area contributed by atoms with Crippen molar-refractivity contribution in [2.24, 2.45) is 5.92 Å². The van der Waals surface area contributed by atoms with Crippen molar-refractivity contribution in [1.82, 2.24) is 9.96 Å². The Morgan fingerprint density at radius 1 is 0.895 bits per heavy atom. The van der Waals surface area contributed by atoms with Crippen molar-refractivity contribution in [2.75, 3.05) is 32.7 Å². The normalized spacial score (nSPS) is 26.3. The second-order valence-corrected chi connectivity index (χ2v) is 15.3. The van der Waals surface area contributed by atoms with Gasteiger partial charge in [-0.25, -0.2) is 5.06 Å². The van der Waals surface area contributed by atoms with Crippen LogP contribution < -0.4 is 10.1 Å². The van der Waals surface area contributed by atoms with Gasteiger partial charge in [0.15, 0.2) is 0 Å². The minimum atomic E-state index is -1.72.